The molecule has 2 unspecified atom stereocenters. The summed E-state index contributed by atoms with van der Waals surface area (Å²) >= 11 is 0. The van der Waals surface area contributed by atoms with Crippen molar-refractivity contribution in [3.8, 4) is 6.07 Å². The number of piperazine rings is 1. The van der Waals surface area contributed by atoms with Crippen LogP contribution in [0.25, 0.3) is 11.3 Å². The molecule has 0 aliphatic carbocycles. The SMILES string of the molecule is C=C(c1ccc(NC(=N/C=C\C)C(C)=N/C=C(\C)c2ccc(CCC#N)c(F)c2F)cc1C)N1CCN(C(=C)C2CC(CC)CN2)CC1. The Hall–Kier alpha value is -4.55. The number of halogens is 2. The number of hydrogen-bond donors (Lipinski definition) is 2. The lowest BCUT2D eigenvalue weighted by Gasteiger charge is -2.40. The van der Waals surface area contributed by atoms with Gasteiger partial charge >= 0.3 is 0 Å². The number of rotatable bonds is 12. The van der Waals surface area contributed by atoms with Gasteiger partial charge in [-0.05, 0) is 81.8 Å². The first-order valence-electron chi connectivity index (χ1n) is 16.8. The molecule has 4 rings (SSSR count). The van der Waals surface area contributed by atoms with Gasteiger partial charge in [0, 0.05) is 79.2 Å². The minimum atomic E-state index is -0.941. The number of allylic oxidation sites excluding steroid dienone is 2. The van der Waals surface area contributed by atoms with Gasteiger partial charge in [0.2, 0.25) is 0 Å². The highest BCUT2D eigenvalue weighted by Crippen LogP contribution is 2.28. The van der Waals surface area contributed by atoms with Gasteiger partial charge in [-0.1, -0.05) is 50.8 Å². The molecule has 7 nitrogen and oxygen atoms in total. The molecule has 2 aromatic rings. The number of nitrogens with one attached hydrogen (secondary N) is 2. The topological polar surface area (TPSA) is 79.0 Å². The van der Waals surface area contributed by atoms with Crippen LogP contribution in [0, 0.1) is 35.8 Å². The number of amidine groups is 1. The number of anilines is 1. The van der Waals surface area contributed by atoms with E-state index < -0.39 is 11.6 Å². The Morgan fingerprint density at radius 3 is 2.42 bits per heavy atom. The van der Waals surface area contributed by atoms with E-state index in [1.807, 2.05) is 32.1 Å². The number of aliphatic imine (C=N–C) groups is 2. The van der Waals surface area contributed by atoms with Crippen molar-refractivity contribution in [1.29, 1.82) is 5.26 Å². The summed E-state index contributed by atoms with van der Waals surface area (Å²) in [4.78, 5) is 13.9. The van der Waals surface area contributed by atoms with Crippen LogP contribution < -0.4 is 10.6 Å². The van der Waals surface area contributed by atoms with Crippen LogP contribution in [0.4, 0.5) is 14.5 Å². The summed E-state index contributed by atoms with van der Waals surface area (Å²) in [5, 5.41) is 15.8. The molecular formula is C39H49F2N7. The number of hydrogen-bond acceptors (Lipinski definition) is 6. The molecule has 2 heterocycles. The molecule has 2 atom stereocenters. The summed E-state index contributed by atoms with van der Waals surface area (Å²) in [6.07, 6.45) is 7.67. The third kappa shape index (κ3) is 8.87. The number of aryl methyl sites for hydroxylation is 2. The van der Waals surface area contributed by atoms with Gasteiger partial charge in [-0.3, -0.25) is 4.99 Å². The van der Waals surface area contributed by atoms with E-state index in [4.69, 9.17) is 5.26 Å². The summed E-state index contributed by atoms with van der Waals surface area (Å²) in [7, 11) is 0. The molecule has 2 aromatic carbocycles. The van der Waals surface area contributed by atoms with E-state index in [0.717, 1.165) is 61.2 Å². The van der Waals surface area contributed by atoms with E-state index in [0.29, 0.717) is 23.2 Å². The van der Waals surface area contributed by atoms with Crippen LogP contribution in [0.3, 0.4) is 0 Å². The van der Waals surface area contributed by atoms with Gasteiger partial charge in [0.25, 0.3) is 0 Å². The average Bonchev–Trinajstić information content (AvgIpc) is 3.58. The molecule has 0 amide bonds. The molecule has 254 valence electrons. The van der Waals surface area contributed by atoms with Crippen LogP contribution in [0.2, 0.25) is 0 Å². The fourth-order valence-electron chi connectivity index (χ4n) is 6.20. The van der Waals surface area contributed by atoms with Gasteiger partial charge in [-0.15, -0.1) is 0 Å². The molecule has 2 saturated heterocycles. The summed E-state index contributed by atoms with van der Waals surface area (Å²) in [6.45, 7) is 23.3. The minimum Gasteiger partial charge on any atom is -0.370 e. The van der Waals surface area contributed by atoms with Crippen LogP contribution in [-0.4, -0.2) is 60.1 Å². The maximum atomic E-state index is 14.8. The maximum Gasteiger partial charge on any atom is 0.166 e. The lowest BCUT2D eigenvalue weighted by molar-refractivity contribution is 0.203. The van der Waals surface area contributed by atoms with E-state index >= 15 is 0 Å². The fourth-order valence-corrected chi connectivity index (χ4v) is 6.20. The molecule has 2 aliphatic rings. The molecule has 0 spiro atoms. The summed E-state index contributed by atoms with van der Waals surface area (Å²) in [6, 6.07) is 11.6. The molecule has 0 aromatic heterocycles. The third-order valence-electron chi connectivity index (χ3n) is 9.31. The minimum absolute atomic E-state index is 0.124. The fraction of sp³-hybridized carbons (Fsp3) is 0.410. The zero-order valence-corrected chi connectivity index (χ0v) is 29.0. The zero-order chi connectivity index (χ0) is 34.8. The Morgan fingerprint density at radius 2 is 1.77 bits per heavy atom. The largest absolute Gasteiger partial charge is 0.370 e. The Bertz CT molecular complexity index is 1650. The van der Waals surface area contributed by atoms with Crippen molar-refractivity contribution in [3.63, 3.8) is 0 Å². The Labute approximate surface area is 285 Å². The molecule has 0 saturated carbocycles. The predicted octanol–water partition coefficient (Wildman–Crippen LogP) is 8.09. The van der Waals surface area contributed by atoms with Gasteiger partial charge in [0.05, 0.1) is 11.8 Å². The first kappa shape index (κ1) is 36.3. The number of nitrogens with zero attached hydrogens (tertiary/aromatic N) is 5. The molecule has 2 fully saturated rings. The maximum absolute atomic E-state index is 14.8. The zero-order valence-electron chi connectivity index (χ0n) is 29.0. The first-order valence-corrected chi connectivity index (χ1v) is 16.8. The van der Waals surface area contributed by atoms with Crippen molar-refractivity contribution < 1.29 is 8.78 Å². The Kier molecular flexibility index (Phi) is 12.9. The van der Waals surface area contributed by atoms with E-state index in [9.17, 15) is 8.78 Å². The van der Waals surface area contributed by atoms with Crippen LogP contribution in [0.1, 0.15) is 69.2 Å². The van der Waals surface area contributed by atoms with Crippen molar-refractivity contribution in [2.45, 2.75) is 66.3 Å². The number of nitriles is 1. The molecule has 48 heavy (non-hydrogen) atoms. The third-order valence-corrected chi connectivity index (χ3v) is 9.31. The van der Waals surface area contributed by atoms with E-state index in [1.54, 1.807) is 13.1 Å². The molecule has 2 N–H and O–H groups in total. The summed E-state index contributed by atoms with van der Waals surface area (Å²) < 4.78 is 29.4. The second-order valence-electron chi connectivity index (χ2n) is 12.6. The van der Waals surface area contributed by atoms with Gasteiger partial charge in [-0.2, -0.15) is 5.26 Å². The van der Waals surface area contributed by atoms with Crippen molar-refractivity contribution in [1.82, 2.24) is 15.1 Å². The quantitative estimate of drug-likeness (QED) is 0.179. The smallest absolute Gasteiger partial charge is 0.166 e. The molecular weight excluding hydrogens is 604 g/mol. The molecule has 2 aliphatic heterocycles. The second kappa shape index (κ2) is 17.0. The highest BCUT2D eigenvalue weighted by Gasteiger charge is 2.29. The van der Waals surface area contributed by atoms with Crippen LogP contribution >= 0.6 is 0 Å². The van der Waals surface area contributed by atoms with Crippen LogP contribution in [0.15, 0.2) is 77.6 Å². The van der Waals surface area contributed by atoms with Crippen molar-refractivity contribution in [2.75, 3.05) is 38.0 Å². The Balaban J connectivity index is 1.42. The van der Waals surface area contributed by atoms with Gasteiger partial charge in [0.1, 0.15) is 0 Å². The van der Waals surface area contributed by atoms with Crippen LogP contribution in [-0.2, 0) is 6.42 Å². The van der Waals surface area contributed by atoms with E-state index in [2.05, 4.69) is 69.6 Å². The van der Waals surface area contributed by atoms with Crippen LogP contribution in [0.5, 0.6) is 0 Å². The van der Waals surface area contributed by atoms with E-state index in [-0.39, 0.29) is 24.0 Å². The number of benzene rings is 2. The average molecular weight is 654 g/mol. The summed E-state index contributed by atoms with van der Waals surface area (Å²) in [5.41, 5.74) is 6.60. The normalized spacial score (nSPS) is 19.2. The van der Waals surface area contributed by atoms with E-state index in [1.165, 1.54) is 36.9 Å². The van der Waals surface area contributed by atoms with Crippen molar-refractivity contribution in [2.24, 2.45) is 15.9 Å². The second-order valence-corrected chi connectivity index (χ2v) is 12.6. The van der Waals surface area contributed by atoms with Gasteiger partial charge < -0.3 is 20.4 Å². The molecule has 0 radical (unpaired) electrons. The molecule has 9 heteroatoms. The standard InChI is InChI=1S/C39H49F2N7/c1-8-17-43-39(28(5)44-24-27(4)35-14-12-32(11-10-16-42)37(40)38(35)41)46-33-13-15-34(26(3)22-33)29(6)47-18-20-48(21-19-47)30(7)36-23-31(9-2)25-45-36/h8,12-15,17,22,24,31,36,45H,6-7,9-11,18-21,23,25H2,1-5H3,(H,43,46)/b17-8-,27-24+,44-28?. The van der Waals surface area contributed by atoms with Crippen molar-refractivity contribution >= 4 is 28.5 Å². The monoisotopic (exact) mass is 653 g/mol. The Morgan fingerprint density at radius 1 is 1.06 bits per heavy atom. The highest BCUT2D eigenvalue weighted by molar-refractivity contribution is 6.45. The lowest BCUT2D eigenvalue weighted by Crippen LogP contribution is -2.47. The lowest BCUT2D eigenvalue weighted by atomic mass is 10.0. The molecule has 0 bridgehead atoms. The van der Waals surface area contributed by atoms with Gasteiger partial charge in [0.15, 0.2) is 17.5 Å². The predicted molar refractivity (Wildman–Crippen MR) is 196 cm³/mol. The highest BCUT2D eigenvalue weighted by atomic mass is 19.2. The summed E-state index contributed by atoms with van der Waals surface area (Å²) in [5.74, 6) is -0.598. The van der Waals surface area contributed by atoms with Crippen molar-refractivity contribution in [3.05, 3.63) is 102 Å². The van der Waals surface area contributed by atoms with Gasteiger partial charge in [-0.25, -0.2) is 13.8 Å². The first-order chi connectivity index (χ1) is 23.1.